The third-order valence-electron chi connectivity index (χ3n) is 4.67. The van der Waals surface area contributed by atoms with Gasteiger partial charge in [0.25, 0.3) is 5.91 Å². The minimum Gasteiger partial charge on any atom is -0.371 e. The highest BCUT2D eigenvalue weighted by molar-refractivity contribution is 5.94. The van der Waals surface area contributed by atoms with Gasteiger partial charge in [0.15, 0.2) is 0 Å². The summed E-state index contributed by atoms with van der Waals surface area (Å²) in [6.45, 7) is 3.11. The molecule has 5 heteroatoms. The van der Waals surface area contributed by atoms with Crippen molar-refractivity contribution < 1.29 is 18.3 Å². The van der Waals surface area contributed by atoms with E-state index in [1.807, 2.05) is 0 Å². The van der Waals surface area contributed by atoms with Gasteiger partial charge in [-0.1, -0.05) is 19.8 Å². The molecule has 2 atom stereocenters. The summed E-state index contributed by atoms with van der Waals surface area (Å²) in [6, 6.07) is 3.12. The van der Waals surface area contributed by atoms with Crippen LogP contribution in [0.15, 0.2) is 18.2 Å². The second-order valence-corrected chi connectivity index (χ2v) is 6.61. The van der Waals surface area contributed by atoms with Crippen molar-refractivity contribution in [3.63, 3.8) is 0 Å². The second-order valence-electron chi connectivity index (χ2n) is 6.61. The first kappa shape index (κ1) is 16.4. The van der Waals surface area contributed by atoms with Gasteiger partial charge in [-0.25, -0.2) is 8.78 Å². The normalized spacial score (nSPS) is 24.7. The van der Waals surface area contributed by atoms with Gasteiger partial charge < -0.3 is 9.64 Å². The molecule has 1 saturated carbocycles. The maximum absolute atomic E-state index is 13.9. The van der Waals surface area contributed by atoms with Crippen LogP contribution in [0, 0.1) is 17.6 Å². The Labute approximate surface area is 135 Å². The molecule has 1 aromatic carbocycles. The summed E-state index contributed by atoms with van der Waals surface area (Å²) >= 11 is 0. The van der Waals surface area contributed by atoms with Gasteiger partial charge in [0.2, 0.25) is 0 Å². The molecule has 3 rings (SSSR count). The van der Waals surface area contributed by atoms with Crippen molar-refractivity contribution in [1.29, 1.82) is 0 Å². The molecule has 1 aromatic rings. The van der Waals surface area contributed by atoms with Crippen molar-refractivity contribution >= 4 is 5.91 Å². The van der Waals surface area contributed by atoms with E-state index in [0.717, 1.165) is 44.2 Å². The molecule has 0 aromatic heterocycles. The number of halogens is 2. The number of carbonyl (C=O) groups excluding carboxylic acids is 1. The average molecular weight is 323 g/mol. The van der Waals surface area contributed by atoms with Crippen LogP contribution in [0.4, 0.5) is 8.78 Å². The Bertz CT molecular complexity index is 574. The van der Waals surface area contributed by atoms with E-state index >= 15 is 0 Å². The summed E-state index contributed by atoms with van der Waals surface area (Å²) in [5.41, 5.74) is -0.0583. The third kappa shape index (κ3) is 3.89. The maximum Gasteiger partial charge on any atom is 0.257 e. The Balaban J connectivity index is 1.74. The Morgan fingerprint density at radius 1 is 1.30 bits per heavy atom. The van der Waals surface area contributed by atoms with Crippen LogP contribution in [0.5, 0.6) is 0 Å². The minimum atomic E-state index is -0.797. The number of rotatable bonds is 5. The van der Waals surface area contributed by atoms with Gasteiger partial charge in [-0.2, -0.15) is 0 Å². The monoisotopic (exact) mass is 323 g/mol. The summed E-state index contributed by atoms with van der Waals surface area (Å²) in [7, 11) is 0. The van der Waals surface area contributed by atoms with E-state index in [2.05, 4.69) is 6.92 Å². The molecule has 0 bridgehead atoms. The highest BCUT2D eigenvalue weighted by Crippen LogP contribution is 2.37. The molecule has 0 N–H and O–H groups in total. The fourth-order valence-corrected chi connectivity index (χ4v) is 3.19. The SMILES string of the molecule is CCCC[C@@H]1CN(C(=O)c2ccc(F)cc2F)C[C@H](C2CC2)O1. The van der Waals surface area contributed by atoms with Crippen molar-refractivity contribution in [2.45, 2.75) is 51.2 Å². The largest absolute Gasteiger partial charge is 0.371 e. The number of hydrogen-bond acceptors (Lipinski definition) is 2. The number of morpholine rings is 1. The number of carbonyl (C=O) groups is 1. The van der Waals surface area contributed by atoms with Crippen LogP contribution in [0.1, 0.15) is 49.4 Å². The lowest BCUT2D eigenvalue weighted by atomic mass is 10.1. The van der Waals surface area contributed by atoms with Crippen LogP contribution in [-0.4, -0.2) is 36.1 Å². The van der Waals surface area contributed by atoms with Gasteiger partial charge in [0.05, 0.1) is 17.8 Å². The number of ether oxygens (including phenoxy) is 1. The molecule has 1 amide bonds. The van der Waals surface area contributed by atoms with E-state index < -0.39 is 11.6 Å². The van der Waals surface area contributed by atoms with E-state index in [4.69, 9.17) is 4.74 Å². The van der Waals surface area contributed by atoms with Gasteiger partial charge in [-0.05, 0) is 37.3 Å². The molecular weight excluding hydrogens is 300 g/mol. The molecule has 126 valence electrons. The lowest BCUT2D eigenvalue weighted by Gasteiger charge is -2.38. The molecule has 0 spiro atoms. The summed E-state index contributed by atoms with van der Waals surface area (Å²) in [5.74, 6) is -1.31. The summed E-state index contributed by atoms with van der Waals surface area (Å²) in [5, 5.41) is 0. The van der Waals surface area contributed by atoms with E-state index in [1.165, 1.54) is 6.07 Å². The zero-order valence-electron chi connectivity index (χ0n) is 13.4. The molecule has 0 unspecified atom stereocenters. The predicted octanol–water partition coefficient (Wildman–Crippen LogP) is 3.77. The molecule has 0 radical (unpaired) electrons. The van der Waals surface area contributed by atoms with Crippen LogP contribution in [0.2, 0.25) is 0 Å². The molecule has 3 nitrogen and oxygen atoms in total. The molecule has 23 heavy (non-hydrogen) atoms. The van der Waals surface area contributed by atoms with Gasteiger partial charge in [0, 0.05) is 19.2 Å². The van der Waals surface area contributed by atoms with Crippen molar-refractivity contribution in [3.8, 4) is 0 Å². The molecule has 1 aliphatic carbocycles. The minimum absolute atomic E-state index is 0.0155. The van der Waals surface area contributed by atoms with Crippen molar-refractivity contribution in [3.05, 3.63) is 35.4 Å². The molecular formula is C18H23F2NO2. The van der Waals surface area contributed by atoms with Crippen LogP contribution >= 0.6 is 0 Å². The molecule has 1 heterocycles. The first-order chi connectivity index (χ1) is 11.1. The summed E-state index contributed by atoms with van der Waals surface area (Å²) in [4.78, 5) is 14.3. The summed E-state index contributed by atoms with van der Waals surface area (Å²) in [6.07, 6.45) is 5.38. The lowest BCUT2D eigenvalue weighted by molar-refractivity contribution is -0.0875. The van der Waals surface area contributed by atoms with E-state index in [9.17, 15) is 13.6 Å². The maximum atomic E-state index is 13.9. The Hall–Kier alpha value is -1.49. The van der Waals surface area contributed by atoms with Crippen LogP contribution in [0.3, 0.4) is 0 Å². The van der Waals surface area contributed by atoms with Crippen LogP contribution < -0.4 is 0 Å². The third-order valence-corrected chi connectivity index (χ3v) is 4.67. The number of unbranched alkanes of at least 4 members (excludes halogenated alkanes) is 1. The van der Waals surface area contributed by atoms with Crippen LogP contribution in [0.25, 0.3) is 0 Å². The molecule has 2 aliphatic rings. The number of benzene rings is 1. The predicted molar refractivity (Wildman–Crippen MR) is 83.2 cm³/mol. The second kappa shape index (κ2) is 6.95. The quantitative estimate of drug-likeness (QED) is 0.825. The Kier molecular flexibility index (Phi) is 4.95. The highest BCUT2D eigenvalue weighted by Gasteiger charge is 2.39. The molecule has 1 saturated heterocycles. The van der Waals surface area contributed by atoms with Crippen molar-refractivity contribution in [2.75, 3.05) is 13.1 Å². The van der Waals surface area contributed by atoms with Crippen LogP contribution in [-0.2, 0) is 4.74 Å². The Morgan fingerprint density at radius 3 is 2.74 bits per heavy atom. The molecule has 1 aliphatic heterocycles. The number of nitrogens with zero attached hydrogens (tertiary/aromatic N) is 1. The lowest BCUT2D eigenvalue weighted by Crippen LogP contribution is -2.51. The van der Waals surface area contributed by atoms with Crippen molar-refractivity contribution in [1.82, 2.24) is 4.90 Å². The zero-order valence-corrected chi connectivity index (χ0v) is 13.4. The first-order valence-electron chi connectivity index (χ1n) is 8.48. The topological polar surface area (TPSA) is 29.5 Å². The van der Waals surface area contributed by atoms with Gasteiger partial charge in [0.1, 0.15) is 11.6 Å². The fraction of sp³-hybridized carbons (Fsp3) is 0.611. The van der Waals surface area contributed by atoms with Crippen molar-refractivity contribution in [2.24, 2.45) is 5.92 Å². The smallest absolute Gasteiger partial charge is 0.257 e. The standard InChI is InChI=1S/C18H23F2NO2/c1-2-3-4-14-10-21(11-17(23-14)12-5-6-12)18(22)15-8-7-13(19)9-16(15)20/h7-9,12,14,17H,2-6,10-11H2,1H3/t14-,17-/m1/s1. The summed E-state index contributed by atoms with van der Waals surface area (Å²) < 4.78 is 33.1. The number of amides is 1. The van der Waals surface area contributed by atoms with Gasteiger partial charge in [-0.3, -0.25) is 4.79 Å². The first-order valence-corrected chi connectivity index (χ1v) is 8.48. The zero-order chi connectivity index (χ0) is 16.4. The van der Waals surface area contributed by atoms with E-state index in [-0.39, 0.29) is 23.7 Å². The highest BCUT2D eigenvalue weighted by atomic mass is 19.1. The molecule has 2 fully saturated rings. The number of hydrogen-bond donors (Lipinski definition) is 0. The Morgan fingerprint density at radius 2 is 2.09 bits per heavy atom. The average Bonchev–Trinajstić information content (AvgIpc) is 3.37. The van der Waals surface area contributed by atoms with Gasteiger partial charge in [-0.15, -0.1) is 0 Å². The van der Waals surface area contributed by atoms with Gasteiger partial charge >= 0.3 is 0 Å². The van der Waals surface area contributed by atoms with E-state index in [0.29, 0.717) is 19.0 Å². The van der Waals surface area contributed by atoms with E-state index in [1.54, 1.807) is 4.90 Å². The fourth-order valence-electron chi connectivity index (χ4n) is 3.19.